The van der Waals surface area contributed by atoms with Gasteiger partial charge in [0.15, 0.2) is 0 Å². The number of fused-ring (bicyclic) bond motifs is 1. The molecule has 0 bridgehead atoms. The molecule has 2 nitrogen and oxygen atoms in total. The van der Waals surface area contributed by atoms with Crippen molar-refractivity contribution in [3.05, 3.63) is 50.1 Å². The van der Waals surface area contributed by atoms with Gasteiger partial charge in [0.05, 0.1) is 6.04 Å². The average Bonchev–Trinajstić information content (AvgIpc) is 2.93. The van der Waals surface area contributed by atoms with E-state index >= 15 is 0 Å². The lowest BCUT2D eigenvalue weighted by Crippen LogP contribution is -2.24. The topological polar surface area (TPSA) is 32.3 Å². The molecule has 0 saturated heterocycles. The van der Waals surface area contributed by atoms with Crippen molar-refractivity contribution in [3.8, 4) is 0 Å². The molecule has 0 radical (unpaired) electrons. The fraction of sp³-hybridized carbons (Fsp3) is 0.286. The molecule has 2 unspecified atom stereocenters. The molecule has 2 aromatic rings. The highest BCUT2D eigenvalue weighted by atomic mass is 79.9. The lowest BCUT2D eigenvalue weighted by molar-refractivity contribution is 0.160. The second-order valence-electron chi connectivity index (χ2n) is 4.61. The predicted octanol–water partition coefficient (Wildman–Crippen LogP) is 3.89. The Morgan fingerprint density at radius 3 is 2.89 bits per heavy atom. The van der Waals surface area contributed by atoms with Gasteiger partial charge in [0.25, 0.3) is 0 Å². The molecular formula is C14H14BrNOS. The molecule has 18 heavy (non-hydrogen) atoms. The summed E-state index contributed by atoms with van der Waals surface area (Å²) in [5.41, 5.74) is 2.43. The molecular weight excluding hydrogens is 310 g/mol. The van der Waals surface area contributed by atoms with Gasteiger partial charge in [-0.15, -0.1) is 11.3 Å². The standard InChI is InChI=1S/C14H14BrNOS/c1-8-10(15)7-13(18-8)14(17)12-6-9-4-2-3-5-11(9)16-12/h2-5,7,12,14,16-17H,6H2,1H3. The van der Waals surface area contributed by atoms with Crippen molar-refractivity contribution >= 4 is 33.0 Å². The summed E-state index contributed by atoms with van der Waals surface area (Å²) < 4.78 is 1.08. The Bertz CT molecular complexity index is 536. The summed E-state index contributed by atoms with van der Waals surface area (Å²) >= 11 is 5.15. The Balaban J connectivity index is 1.82. The molecule has 4 heteroatoms. The molecule has 2 atom stereocenters. The highest BCUT2D eigenvalue weighted by Crippen LogP contribution is 2.36. The zero-order valence-electron chi connectivity index (χ0n) is 9.98. The van der Waals surface area contributed by atoms with E-state index in [1.807, 2.05) is 18.2 Å². The van der Waals surface area contributed by atoms with Gasteiger partial charge in [-0.2, -0.15) is 0 Å². The van der Waals surface area contributed by atoms with Crippen LogP contribution in [0.4, 0.5) is 5.69 Å². The number of thiophene rings is 1. The summed E-state index contributed by atoms with van der Waals surface area (Å²) in [6.45, 7) is 2.06. The van der Waals surface area contributed by atoms with Crippen molar-refractivity contribution in [2.24, 2.45) is 0 Å². The molecule has 0 spiro atoms. The third-order valence-electron chi connectivity index (χ3n) is 3.35. The minimum atomic E-state index is -0.451. The van der Waals surface area contributed by atoms with Gasteiger partial charge in [-0.25, -0.2) is 0 Å². The molecule has 1 aliphatic rings. The largest absolute Gasteiger partial charge is 0.385 e. The maximum atomic E-state index is 10.5. The molecule has 0 aliphatic carbocycles. The number of aliphatic hydroxyl groups is 1. The quantitative estimate of drug-likeness (QED) is 0.878. The minimum Gasteiger partial charge on any atom is -0.385 e. The van der Waals surface area contributed by atoms with Gasteiger partial charge in [0.2, 0.25) is 0 Å². The smallest absolute Gasteiger partial charge is 0.109 e. The van der Waals surface area contributed by atoms with E-state index in [1.165, 1.54) is 10.4 Å². The van der Waals surface area contributed by atoms with Crippen LogP contribution in [0.2, 0.25) is 0 Å². The first-order valence-electron chi connectivity index (χ1n) is 5.93. The maximum Gasteiger partial charge on any atom is 0.109 e. The SMILES string of the molecule is Cc1sc(C(O)C2Cc3ccccc3N2)cc1Br. The summed E-state index contributed by atoms with van der Waals surface area (Å²) in [6.07, 6.45) is 0.429. The summed E-state index contributed by atoms with van der Waals surface area (Å²) in [5.74, 6) is 0. The first-order chi connectivity index (χ1) is 8.65. The van der Waals surface area contributed by atoms with Gasteiger partial charge >= 0.3 is 0 Å². The van der Waals surface area contributed by atoms with E-state index in [4.69, 9.17) is 0 Å². The third-order valence-corrected chi connectivity index (χ3v) is 5.55. The van der Waals surface area contributed by atoms with E-state index in [0.29, 0.717) is 0 Å². The van der Waals surface area contributed by atoms with Crippen molar-refractivity contribution < 1.29 is 5.11 Å². The van der Waals surface area contributed by atoms with Gasteiger partial charge in [0.1, 0.15) is 6.10 Å². The van der Waals surface area contributed by atoms with Crippen LogP contribution in [0.5, 0.6) is 0 Å². The van der Waals surface area contributed by atoms with Crippen molar-refractivity contribution in [1.29, 1.82) is 0 Å². The van der Waals surface area contributed by atoms with Crippen molar-refractivity contribution in [2.75, 3.05) is 5.32 Å². The zero-order chi connectivity index (χ0) is 12.7. The lowest BCUT2D eigenvalue weighted by atomic mass is 10.0. The first kappa shape index (κ1) is 12.2. The van der Waals surface area contributed by atoms with Gasteiger partial charge in [-0.05, 0) is 47.0 Å². The monoisotopic (exact) mass is 323 g/mol. The maximum absolute atomic E-state index is 10.5. The van der Waals surface area contributed by atoms with Gasteiger partial charge in [-0.1, -0.05) is 18.2 Å². The van der Waals surface area contributed by atoms with Crippen LogP contribution >= 0.6 is 27.3 Å². The fourth-order valence-corrected chi connectivity index (χ4v) is 3.96. The number of aryl methyl sites for hydroxylation is 1. The Morgan fingerprint density at radius 2 is 2.22 bits per heavy atom. The molecule has 0 amide bonds. The minimum absolute atomic E-state index is 0.0762. The number of anilines is 1. The van der Waals surface area contributed by atoms with Gasteiger partial charge in [-0.3, -0.25) is 0 Å². The van der Waals surface area contributed by atoms with E-state index in [2.05, 4.69) is 40.3 Å². The van der Waals surface area contributed by atoms with E-state index in [0.717, 1.165) is 21.5 Å². The highest BCUT2D eigenvalue weighted by Gasteiger charge is 2.28. The number of benzene rings is 1. The van der Waals surface area contributed by atoms with Crippen LogP contribution in [-0.2, 0) is 6.42 Å². The number of halogens is 1. The molecule has 3 rings (SSSR count). The van der Waals surface area contributed by atoms with Crippen LogP contribution in [0, 0.1) is 6.92 Å². The molecule has 0 saturated carbocycles. The number of hydrogen-bond acceptors (Lipinski definition) is 3. The van der Waals surface area contributed by atoms with E-state index in [-0.39, 0.29) is 6.04 Å². The fourth-order valence-electron chi connectivity index (χ4n) is 2.34. The highest BCUT2D eigenvalue weighted by molar-refractivity contribution is 9.10. The number of nitrogens with one attached hydrogen (secondary N) is 1. The number of para-hydroxylation sites is 1. The van der Waals surface area contributed by atoms with Crippen molar-refractivity contribution in [2.45, 2.75) is 25.5 Å². The predicted molar refractivity (Wildman–Crippen MR) is 79.3 cm³/mol. The van der Waals surface area contributed by atoms with Crippen LogP contribution in [0.25, 0.3) is 0 Å². The summed E-state index contributed by atoms with van der Waals surface area (Å²) in [4.78, 5) is 2.23. The van der Waals surface area contributed by atoms with E-state index in [1.54, 1.807) is 11.3 Å². The van der Waals surface area contributed by atoms with E-state index in [9.17, 15) is 5.11 Å². The molecule has 0 fully saturated rings. The molecule has 1 aliphatic heterocycles. The number of rotatable bonds is 2. The first-order valence-corrected chi connectivity index (χ1v) is 7.54. The Labute approximate surface area is 119 Å². The molecule has 2 N–H and O–H groups in total. The lowest BCUT2D eigenvalue weighted by Gasteiger charge is -2.17. The summed E-state index contributed by atoms with van der Waals surface area (Å²) in [7, 11) is 0. The normalized spacial score (nSPS) is 19.4. The molecule has 1 aromatic carbocycles. The van der Waals surface area contributed by atoms with Crippen LogP contribution in [0.1, 0.15) is 21.4 Å². The van der Waals surface area contributed by atoms with Crippen LogP contribution < -0.4 is 5.32 Å². The zero-order valence-corrected chi connectivity index (χ0v) is 12.4. The van der Waals surface area contributed by atoms with Crippen LogP contribution in [0.15, 0.2) is 34.8 Å². The summed E-state index contributed by atoms with van der Waals surface area (Å²) in [6, 6.07) is 10.3. The average molecular weight is 324 g/mol. The van der Waals surface area contributed by atoms with E-state index < -0.39 is 6.10 Å². The molecule has 1 aromatic heterocycles. The second kappa shape index (κ2) is 4.68. The number of aliphatic hydroxyl groups excluding tert-OH is 1. The summed E-state index contributed by atoms with van der Waals surface area (Å²) in [5, 5.41) is 13.9. The Kier molecular flexibility index (Phi) is 3.18. The second-order valence-corrected chi connectivity index (χ2v) is 6.75. The third kappa shape index (κ3) is 2.09. The van der Waals surface area contributed by atoms with Gasteiger partial charge in [0, 0.05) is 19.9 Å². The van der Waals surface area contributed by atoms with Crippen LogP contribution in [-0.4, -0.2) is 11.1 Å². The Morgan fingerprint density at radius 1 is 1.44 bits per heavy atom. The Hall–Kier alpha value is -0.840. The van der Waals surface area contributed by atoms with Crippen molar-refractivity contribution in [1.82, 2.24) is 0 Å². The van der Waals surface area contributed by atoms with Gasteiger partial charge < -0.3 is 10.4 Å². The number of hydrogen-bond donors (Lipinski definition) is 2. The van der Waals surface area contributed by atoms with Crippen LogP contribution in [0.3, 0.4) is 0 Å². The van der Waals surface area contributed by atoms with Crippen molar-refractivity contribution in [3.63, 3.8) is 0 Å². The molecule has 94 valence electrons. The molecule has 2 heterocycles.